The molecule has 0 amide bonds. The molecule has 0 aliphatic heterocycles. The molecule has 0 atom stereocenters. The molecule has 0 fully saturated rings. The van der Waals surface area contributed by atoms with Crippen molar-refractivity contribution in [2.45, 2.75) is 4.90 Å². The summed E-state index contributed by atoms with van der Waals surface area (Å²) < 4.78 is 22.2. The largest absolute Gasteiger partial charge is 0.383 e. The van der Waals surface area contributed by atoms with E-state index in [2.05, 4.69) is 4.98 Å². The van der Waals surface area contributed by atoms with Gasteiger partial charge in [-0.25, -0.2) is 18.5 Å². The van der Waals surface area contributed by atoms with E-state index < -0.39 is 10.0 Å². The van der Waals surface area contributed by atoms with Crippen LogP contribution >= 0.6 is 0 Å². The standard InChI is InChI=1S/C11H11N3O2S/c12-11-10(2-1-7-14-11)8-3-5-9(6-4-8)17(13,15)16/h1-7H,(H2,12,14)(H2,13,15,16). The van der Waals surface area contributed by atoms with Crippen LogP contribution in [-0.2, 0) is 10.0 Å². The summed E-state index contributed by atoms with van der Waals surface area (Å²) in [5.41, 5.74) is 7.27. The molecular weight excluding hydrogens is 238 g/mol. The van der Waals surface area contributed by atoms with Crippen molar-refractivity contribution < 1.29 is 8.42 Å². The third-order valence-electron chi connectivity index (χ3n) is 2.33. The molecule has 0 saturated heterocycles. The van der Waals surface area contributed by atoms with Crippen LogP contribution in [0.4, 0.5) is 5.82 Å². The zero-order valence-electron chi connectivity index (χ0n) is 8.87. The number of hydrogen-bond donors (Lipinski definition) is 2. The van der Waals surface area contributed by atoms with Gasteiger partial charge in [-0.05, 0) is 29.8 Å². The van der Waals surface area contributed by atoms with Gasteiger partial charge in [-0.15, -0.1) is 0 Å². The number of benzene rings is 1. The lowest BCUT2D eigenvalue weighted by molar-refractivity contribution is 0.598. The van der Waals surface area contributed by atoms with E-state index in [0.29, 0.717) is 5.82 Å². The van der Waals surface area contributed by atoms with Crippen LogP contribution in [0.3, 0.4) is 0 Å². The fourth-order valence-corrected chi connectivity index (χ4v) is 2.00. The average molecular weight is 249 g/mol. The molecule has 0 unspecified atom stereocenters. The Hall–Kier alpha value is -1.92. The van der Waals surface area contributed by atoms with Gasteiger partial charge in [0.25, 0.3) is 0 Å². The van der Waals surface area contributed by atoms with Crippen LogP contribution in [0.15, 0.2) is 47.5 Å². The van der Waals surface area contributed by atoms with Gasteiger partial charge >= 0.3 is 0 Å². The molecule has 5 nitrogen and oxygen atoms in total. The molecule has 2 rings (SSSR count). The molecular formula is C11H11N3O2S. The number of sulfonamides is 1. The van der Waals surface area contributed by atoms with Crippen LogP contribution in [0.2, 0.25) is 0 Å². The summed E-state index contributed by atoms with van der Waals surface area (Å²) in [4.78, 5) is 4.03. The van der Waals surface area contributed by atoms with Crippen LogP contribution in [0.25, 0.3) is 11.1 Å². The fraction of sp³-hybridized carbons (Fsp3) is 0. The Kier molecular flexibility index (Phi) is 2.83. The Morgan fingerprint density at radius 2 is 1.71 bits per heavy atom. The minimum Gasteiger partial charge on any atom is -0.383 e. The third-order valence-corrected chi connectivity index (χ3v) is 3.26. The number of rotatable bonds is 2. The highest BCUT2D eigenvalue weighted by Gasteiger charge is 2.08. The molecule has 0 aliphatic rings. The number of anilines is 1. The SMILES string of the molecule is Nc1ncccc1-c1ccc(S(N)(=O)=O)cc1. The molecule has 0 bridgehead atoms. The Morgan fingerprint density at radius 1 is 1.06 bits per heavy atom. The second-order valence-electron chi connectivity index (χ2n) is 3.51. The first kappa shape index (κ1) is 11.6. The van der Waals surface area contributed by atoms with Crippen molar-refractivity contribution in [1.29, 1.82) is 0 Å². The van der Waals surface area contributed by atoms with Crippen molar-refractivity contribution in [3.63, 3.8) is 0 Å². The second kappa shape index (κ2) is 4.15. The molecule has 17 heavy (non-hydrogen) atoms. The van der Waals surface area contributed by atoms with Crippen molar-refractivity contribution >= 4 is 15.8 Å². The summed E-state index contributed by atoms with van der Waals surface area (Å²) in [5, 5.41) is 5.01. The quantitative estimate of drug-likeness (QED) is 0.828. The van der Waals surface area contributed by atoms with Gasteiger partial charge in [-0.2, -0.15) is 0 Å². The molecule has 0 aliphatic carbocycles. The van der Waals surface area contributed by atoms with E-state index in [9.17, 15) is 8.42 Å². The number of hydrogen-bond acceptors (Lipinski definition) is 4. The van der Waals surface area contributed by atoms with Gasteiger partial charge in [0.2, 0.25) is 10.0 Å². The molecule has 1 heterocycles. The van der Waals surface area contributed by atoms with E-state index in [1.807, 2.05) is 6.07 Å². The predicted molar refractivity (Wildman–Crippen MR) is 65.5 cm³/mol. The molecule has 0 radical (unpaired) electrons. The first-order valence-corrected chi connectivity index (χ1v) is 6.37. The maximum atomic E-state index is 11.1. The Bertz CT molecular complexity index is 636. The zero-order valence-corrected chi connectivity index (χ0v) is 9.68. The van der Waals surface area contributed by atoms with Crippen LogP contribution in [0.1, 0.15) is 0 Å². The van der Waals surface area contributed by atoms with Gasteiger partial charge in [0, 0.05) is 11.8 Å². The van der Waals surface area contributed by atoms with E-state index in [0.717, 1.165) is 11.1 Å². The van der Waals surface area contributed by atoms with E-state index in [1.54, 1.807) is 24.4 Å². The second-order valence-corrected chi connectivity index (χ2v) is 5.07. The van der Waals surface area contributed by atoms with Gasteiger partial charge in [-0.3, -0.25) is 0 Å². The fourth-order valence-electron chi connectivity index (χ4n) is 1.49. The maximum Gasteiger partial charge on any atom is 0.238 e. The van der Waals surface area contributed by atoms with Crippen LogP contribution in [0, 0.1) is 0 Å². The van der Waals surface area contributed by atoms with Gasteiger partial charge < -0.3 is 5.73 Å². The minimum absolute atomic E-state index is 0.0729. The van der Waals surface area contributed by atoms with Crippen LogP contribution in [0.5, 0.6) is 0 Å². The minimum atomic E-state index is -3.66. The highest BCUT2D eigenvalue weighted by molar-refractivity contribution is 7.89. The number of pyridine rings is 1. The lowest BCUT2D eigenvalue weighted by Crippen LogP contribution is -2.11. The molecule has 4 N–H and O–H groups in total. The Morgan fingerprint density at radius 3 is 2.24 bits per heavy atom. The average Bonchev–Trinajstić information content (AvgIpc) is 2.29. The van der Waals surface area contributed by atoms with Crippen molar-refractivity contribution in [1.82, 2.24) is 4.98 Å². The number of nitrogens with zero attached hydrogens (tertiary/aromatic N) is 1. The molecule has 88 valence electrons. The maximum absolute atomic E-state index is 11.1. The summed E-state index contributed by atoms with van der Waals surface area (Å²) in [7, 11) is -3.66. The molecule has 0 saturated carbocycles. The lowest BCUT2D eigenvalue weighted by Gasteiger charge is -2.05. The van der Waals surface area contributed by atoms with Gasteiger partial charge in [0.1, 0.15) is 5.82 Å². The van der Waals surface area contributed by atoms with E-state index in [-0.39, 0.29) is 4.90 Å². The summed E-state index contributed by atoms with van der Waals surface area (Å²) in [6.45, 7) is 0. The summed E-state index contributed by atoms with van der Waals surface area (Å²) in [6, 6.07) is 9.75. The monoisotopic (exact) mass is 249 g/mol. The smallest absolute Gasteiger partial charge is 0.238 e. The van der Waals surface area contributed by atoms with E-state index in [4.69, 9.17) is 10.9 Å². The highest BCUT2D eigenvalue weighted by atomic mass is 32.2. The van der Waals surface area contributed by atoms with Gasteiger partial charge in [0.05, 0.1) is 4.90 Å². The lowest BCUT2D eigenvalue weighted by atomic mass is 10.1. The normalized spacial score (nSPS) is 11.4. The molecule has 1 aromatic heterocycles. The number of aromatic nitrogens is 1. The first-order valence-electron chi connectivity index (χ1n) is 4.82. The molecule has 1 aromatic carbocycles. The zero-order chi connectivity index (χ0) is 12.5. The summed E-state index contributed by atoms with van der Waals surface area (Å²) in [5.74, 6) is 0.399. The first-order chi connectivity index (χ1) is 7.98. The molecule has 0 spiro atoms. The van der Waals surface area contributed by atoms with Crippen LogP contribution < -0.4 is 10.9 Å². The molecule has 6 heteroatoms. The summed E-state index contributed by atoms with van der Waals surface area (Å²) >= 11 is 0. The number of primary sulfonamides is 1. The topological polar surface area (TPSA) is 99.1 Å². The van der Waals surface area contributed by atoms with Gasteiger partial charge in [-0.1, -0.05) is 12.1 Å². The number of nitrogen functional groups attached to an aromatic ring is 1. The van der Waals surface area contributed by atoms with Crippen molar-refractivity contribution in [3.05, 3.63) is 42.6 Å². The van der Waals surface area contributed by atoms with E-state index >= 15 is 0 Å². The third kappa shape index (κ3) is 2.43. The summed E-state index contributed by atoms with van der Waals surface area (Å²) in [6.07, 6.45) is 1.59. The van der Waals surface area contributed by atoms with Crippen molar-refractivity contribution in [3.8, 4) is 11.1 Å². The van der Waals surface area contributed by atoms with Crippen molar-refractivity contribution in [2.24, 2.45) is 5.14 Å². The Balaban J connectivity index is 2.47. The predicted octanol–water partition coefficient (Wildman–Crippen LogP) is 0.978. The molecule has 2 aromatic rings. The number of nitrogens with two attached hydrogens (primary N) is 2. The van der Waals surface area contributed by atoms with E-state index in [1.165, 1.54) is 12.1 Å². The van der Waals surface area contributed by atoms with Crippen molar-refractivity contribution in [2.75, 3.05) is 5.73 Å². The Labute approximate surface area is 99.1 Å². The highest BCUT2D eigenvalue weighted by Crippen LogP contribution is 2.24. The van der Waals surface area contributed by atoms with Gasteiger partial charge in [0.15, 0.2) is 0 Å². The van der Waals surface area contributed by atoms with Crippen LogP contribution in [-0.4, -0.2) is 13.4 Å².